The van der Waals surface area contributed by atoms with Crippen molar-refractivity contribution < 1.29 is 18.0 Å². The average molecular weight is 488 g/mol. The summed E-state index contributed by atoms with van der Waals surface area (Å²) in [6.07, 6.45) is -0.497. The normalized spacial score (nSPS) is 19.7. The Morgan fingerprint density at radius 3 is 2.47 bits per heavy atom. The van der Waals surface area contributed by atoms with Gasteiger partial charge in [-0.3, -0.25) is 4.79 Å². The maximum atomic E-state index is 13.5. The Kier molecular flexibility index (Phi) is 6.15. The van der Waals surface area contributed by atoms with Gasteiger partial charge < -0.3 is 9.80 Å². The van der Waals surface area contributed by atoms with Gasteiger partial charge in [0.05, 0.1) is 16.6 Å². The fourth-order valence-corrected chi connectivity index (χ4v) is 5.57. The maximum Gasteiger partial charge on any atom is 0.417 e. The zero-order valence-electron chi connectivity index (χ0n) is 18.6. The number of rotatable bonds is 3. The highest BCUT2D eigenvalue weighted by molar-refractivity contribution is 6.33. The van der Waals surface area contributed by atoms with Crippen molar-refractivity contribution in [3.05, 3.63) is 70.9 Å². The van der Waals surface area contributed by atoms with Crippen LogP contribution in [-0.4, -0.2) is 35.4 Å². The third kappa shape index (κ3) is 4.33. The number of piperidine rings is 1. The monoisotopic (exact) mass is 487 g/mol. The minimum atomic E-state index is -4.48. The van der Waals surface area contributed by atoms with E-state index in [2.05, 4.69) is 35.3 Å². The van der Waals surface area contributed by atoms with Gasteiger partial charge in [0.1, 0.15) is 5.82 Å². The van der Waals surface area contributed by atoms with Crippen molar-refractivity contribution >= 4 is 34.1 Å². The van der Waals surface area contributed by atoms with E-state index < -0.39 is 11.7 Å². The third-order valence-corrected chi connectivity index (χ3v) is 7.29. The second-order valence-corrected chi connectivity index (χ2v) is 9.45. The number of halogens is 4. The van der Waals surface area contributed by atoms with E-state index in [0.717, 1.165) is 31.6 Å². The van der Waals surface area contributed by atoms with Crippen LogP contribution in [0.5, 0.6) is 0 Å². The van der Waals surface area contributed by atoms with Crippen LogP contribution in [0.1, 0.15) is 42.9 Å². The molecule has 2 fully saturated rings. The second kappa shape index (κ2) is 9.10. The number of fused-ring (bicyclic) bond motifs is 1. The number of aromatic nitrogens is 1. The zero-order chi connectivity index (χ0) is 23.9. The molecule has 0 radical (unpaired) electrons. The highest BCUT2D eigenvalue weighted by Gasteiger charge is 2.37. The van der Waals surface area contributed by atoms with Crippen molar-refractivity contribution in [1.82, 2.24) is 9.88 Å². The molecule has 2 aliphatic rings. The molecule has 0 spiro atoms. The van der Waals surface area contributed by atoms with Crippen LogP contribution in [0.3, 0.4) is 0 Å². The molecule has 1 atom stereocenters. The number of anilines is 1. The lowest BCUT2D eigenvalue weighted by Gasteiger charge is -2.36. The summed E-state index contributed by atoms with van der Waals surface area (Å²) >= 11 is 6.13. The van der Waals surface area contributed by atoms with Gasteiger partial charge >= 0.3 is 6.18 Å². The van der Waals surface area contributed by atoms with Crippen LogP contribution in [0.25, 0.3) is 10.8 Å². The molecular weight excluding hydrogens is 463 g/mol. The van der Waals surface area contributed by atoms with Gasteiger partial charge in [0.2, 0.25) is 5.91 Å². The molecule has 5 rings (SSSR count). The van der Waals surface area contributed by atoms with Crippen LogP contribution in [0.4, 0.5) is 19.0 Å². The Labute approximate surface area is 201 Å². The highest BCUT2D eigenvalue weighted by Crippen LogP contribution is 2.39. The molecule has 0 N–H and O–H groups in total. The molecule has 3 aromatic rings. The van der Waals surface area contributed by atoms with Gasteiger partial charge in [0, 0.05) is 31.7 Å². The molecule has 4 nitrogen and oxygen atoms in total. The minimum absolute atomic E-state index is 0.0184. The van der Waals surface area contributed by atoms with E-state index in [0.29, 0.717) is 31.7 Å². The van der Waals surface area contributed by atoms with Crippen molar-refractivity contribution in [2.45, 2.75) is 37.9 Å². The summed E-state index contributed by atoms with van der Waals surface area (Å²) in [6.45, 7) is 1.81. The molecule has 1 amide bonds. The number of benzene rings is 2. The molecule has 2 aromatic carbocycles. The lowest BCUT2D eigenvalue weighted by Crippen LogP contribution is -2.42. The molecule has 0 bridgehead atoms. The largest absolute Gasteiger partial charge is 0.417 e. The molecule has 178 valence electrons. The minimum Gasteiger partial charge on any atom is -0.355 e. The number of amides is 1. The summed E-state index contributed by atoms with van der Waals surface area (Å²) in [5, 5.41) is 2.34. The van der Waals surface area contributed by atoms with Crippen LogP contribution in [0.15, 0.2) is 54.7 Å². The lowest BCUT2D eigenvalue weighted by atomic mass is 9.93. The first-order valence-corrected chi connectivity index (χ1v) is 12.0. The van der Waals surface area contributed by atoms with Crippen LogP contribution >= 0.6 is 11.6 Å². The number of hydrogen-bond donors (Lipinski definition) is 0. The predicted molar refractivity (Wildman–Crippen MR) is 127 cm³/mol. The molecule has 8 heteroatoms. The number of hydrogen-bond acceptors (Lipinski definition) is 3. The van der Waals surface area contributed by atoms with E-state index in [4.69, 9.17) is 11.6 Å². The van der Waals surface area contributed by atoms with E-state index in [1.807, 2.05) is 21.9 Å². The quantitative estimate of drug-likeness (QED) is 0.424. The zero-order valence-corrected chi connectivity index (χ0v) is 19.3. The molecule has 0 aliphatic carbocycles. The topological polar surface area (TPSA) is 36.4 Å². The van der Waals surface area contributed by atoms with Crippen molar-refractivity contribution in [1.29, 1.82) is 0 Å². The SMILES string of the molecule is O=C(C1CCN(c2ncc(C(F)(F)F)cc2Cl)CC1)N1CCCC1c1cccc2ccccc12. The fourth-order valence-electron chi connectivity index (χ4n) is 5.29. The molecule has 1 unspecified atom stereocenters. The van der Waals surface area contributed by atoms with Crippen molar-refractivity contribution in [2.75, 3.05) is 24.5 Å². The Bertz CT molecular complexity index is 1200. The summed E-state index contributed by atoms with van der Waals surface area (Å²) in [4.78, 5) is 21.4. The van der Waals surface area contributed by atoms with Gasteiger partial charge in [-0.2, -0.15) is 13.2 Å². The Hall–Kier alpha value is -2.80. The molecule has 1 aromatic heterocycles. The van der Waals surface area contributed by atoms with E-state index in [1.54, 1.807) is 0 Å². The third-order valence-electron chi connectivity index (χ3n) is 7.01. The molecule has 0 saturated carbocycles. The number of carbonyl (C=O) groups excluding carboxylic acids is 1. The highest BCUT2D eigenvalue weighted by atomic mass is 35.5. The van der Waals surface area contributed by atoms with Crippen LogP contribution < -0.4 is 4.90 Å². The molecule has 2 saturated heterocycles. The Morgan fingerprint density at radius 2 is 1.74 bits per heavy atom. The summed E-state index contributed by atoms with van der Waals surface area (Å²) < 4.78 is 38.7. The van der Waals surface area contributed by atoms with Crippen LogP contribution in [-0.2, 0) is 11.0 Å². The lowest BCUT2D eigenvalue weighted by molar-refractivity contribution is -0.138. The molecule has 34 heavy (non-hydrogen) atoms. The van der Waals surface area contributed by atoms with E-state index in [-0.39, 0.29) is 22.9 Å². The van der Waals surface area contributed by atoms with Crippen molar-refractivity contribution in [3.63, 3.8) is 0 Å². The van der Waals surface area contributed by atoms with E-state index >= 15 is 0 Å². The van der Waals surface area contributed by atoms with E-state index in [1.165, 1.54) is 16.3 Å². The van der Waals surface area contributed by atoms with Crippen molar-refractivity contribution in [3.8, 4) is 0 Å². The Morgan fingerprint density at radius 1 is 1.00 bits per heavy atom. The molecule has 3 heterocycles. The van der Waals surface area contributed by atoms with E-state index in [9.17, 15) is 18.0 Å². The van der Waals surface area contributed by atoms with Gasteiger partial charge in [-0.25, -0.2) is 4.98 Å². The van der Waals surface area contributed by atoms with Gasteiger partial charge in [-0.05, 0) is 48.1 Å². The maximum absolute atomic E-state index is 13.5. The summed E-state index contributed by atoms with van der Waals surface area (Å²) in [7, 11) is 0. The van der Waals surface area contributed by atoms with Crippen molar-refractivity contribution in [2.24, 2.45) is 5.92 Å². The number of nitrogens with zero attached hydrogens (tertiary/aromatic N) is 3. The summed E-state index contributed by atoms with van der Waals surface area (Å²) in [5.74, 6) is 0.400. The number of likely N-dealkylation sites (tertiary alicyclic amines) is 1. The van der Waals surface area contributed by atoms with Gasteiger partial charge in [-0.15, -0.1) is 0 Å². The first-order chi connectivity index (χ1) is 16.3. The number of carbonyl (C=O) groups is 1. The van der Waals surface area contributed by atoms with Gasteiger partial charge in [0.25, 0.3) is 0 Å². The molecular formula is C26H25ClF3N3O. The number of pyridine rings is 1. The first-order valence-electron chi connectivity index (χ1n) is 11.6. The Balaban J connectivity index is 1.28. The summed E-state index contributed by atoms with van der Waals surface area (Å²) in [5.41, 5.74) is 0.335. The standard InChI is InChI=1S/C26H25ClF3N3O/c27-22-15-19(26(28,29)30)16-31-24(22)32-13-10-18(11-14-32)25(34)33-12-4-9-23(33)21-8-3-6-17-5-1-2-7-20(17)21/h1-3,5-8,15-16,18,23H,4,9-14H2. The smallest absolute Gasteiger partial charge is 0.355 e. The van der Waals surface area contributed by atoms with Crippen LogP contribution in [0, 0.1) is 5.92 Å². The average Bonchev–Trinajstić information content (AvgIpc) is 3.32. The summed E-state index contributed by atoms with van der Waals surface area (Å²) in [6, 6.07) is 15.5. The second-order valence-electron chi connectivity index (χ2n) is 9.05. The molecule has 2 aliphatic heterocycles. The first kappa shape index (κ1) is 23.0. The van der Waals surface area contributed by atoms with Gasteiger partial charge in [-0.1, -0.05) is 54.1 Å². The fraction of sp³-hybridized carbons (Fsp3) is 0.385. The van der Waals surface area contributed by atoms with Crippen LogP contribution in [0.2, 0.25) is 5.02 Å². The number of alkyl halides is 3. The predicted octanol–water partition coefficient (Wildman–Crippen LogP) is 6.49. The van der Waals surface area contributed by atoms with Gasteiger partial charge in [0.15, 0.2) is 0 Å².